The van der Waals surface area contributed by atoms with E-state index in [0.29, 0.717) is 27.1 Å². The molecule has 5 heteroatoms. The third kappa shape index (κ3) is 3.41. The lowest BCUT2D eigenvalue weighted by Gasteiger charge is -2.11. The highest BCUT2D eigenvalue weighted by Crippen LogP contribution is 2.29. The van der Waals surface area contributed by atoms with Crippen molar-refractivity contribution in [3.05, 3.63) is 57.6 Å². The summed E-state index contributed by atoms with van der Waals surface area (Å²) in [5.41, 5.74) is 1.79. The summed E-state index contributed by atoms with van der Waals surface area (Å²) in [4.78, 5) is 11.0. The van der Waals surface area contributed by atoms with Crippen molar-refractivity contribution < 1.29 is 14.3 Å². The predicted molar refractivity (Wildman–Crippen MR) is 81.6 cm³/mol. The van der Waals surface area contributed by atoms with E-state index in [1.807, 2.05) is 6.07 Å². The zero-order valence-electron chi connectivity index (χ0n) is 11.3. The van der Waals surface area contributed by atoms with Gasteiger partial charge in [-0.05, 0) is 45.8 Å². The Morgan fingerprint density at radius 1 is 1.33 bits per heavy atom. The molecule has 0 saturated heterocycles. The van der Waals surface area contributed by atoms with Gasteiger partial charge in [0, 0.05) is 0 Å². The van der Waals surface area contributed by atoms with Crippen molar-refractivity contribution >= 4 is 22.2 Å². The van der Waals surface area contributed by atoms with E-state index in [2.05, 4.69) is 22.0 Å². The number of rotatable bonds is 5. The predicted octanol–water partition coefficient (Wildman–Crippen LogP) is 3.72. The first-order valence-electron chi connectivity index (χ1n) is 6.13. The summed E-state index contributed by atoms with van der Waals surface area (Å²) in [6.07, 6.45) is 0.749. The number of nitrogens with zero attached hydrogens (tertiary/aromatic N) is 1. The normalized spacial score (nSPS) is 9.76. The lowest BCUT2D eigenvalue weighted by Crippen LogP contribution is -2.00. The highest BCUT2D eigenvalue weighted by atomic mass is 79.9. The van der Waals surface area contributed by atoms with Crippen LogP contribution in [-0.4, -0.2) is 13.4 Å². The number of methoxy groups -OCH3 is 1. The van der Waals surface area contributed by atoms with Gasteiger partial charge in [-0.15, -0.1) is 0 Å². The Hall–Kier alpha value is -2.32. The van der Waals surface area contributed by atoms with Crippen LogP contribution in [0.3, 0.4) is 0 Å². The average Bonchev–Trinajstić information content (AvgIpc) is 2.53. The molecule has 0 spiro atoms. The van der Waals surface area contributed by atoms with Crippen LogP contribution < -0.4 is 9.47 Å². The van der Waals surface area contributed by atoms with Crippen molar-refractivity contribution in [3.63, 3.8) is 0 Å². The van der Waals surface area contributed by atoms with Gasteiger partial charge in [-0.2, -0.15) is 5.26 Å². The number of ether oxygens (including phenoxy) is 2. The second-order valence-corrected chi connectivity index (χ2v) is 5.07. The number of carbonyl (C=O) groups is 1. The first kappa shape index (κ1) is 15.1. The first-order valence-corrected chi connectivity index (χ1v) is 6.92. The molecule has 0 fully saturated rings. The summed E-state index contributed by atoms with van der Waals surface area (Å²) in [5.74, 6) is 0.997. The Balaban J connectivity index is 2.21. The summed E-state index contributed by atoms with van der Waals surface area (Å²) in [6.45, 7) is 0.269. The lowest BCUT2D eigenvalue weighted by molar-refractivity contribution is 0.111. The van der Waals surface area contributed by atoms with Crippen LogP contribution in [0.2, 0.25) is 0 Å². The summed E-state index contributed by atoms with van der Waals surface area (Å²) in [7, 11) is 1.51. The van der Waals surface area contributed by atoms with Crippen LogP contribution in [0.5, 0.6) is 11.5 Å². The number of hydrogen-bond acceptors (Lipinski definition) is 4. The molecule has 0 aliphatic carbocycles. The Morgan fingerprint density at radius 3 is 2.81 bits per heavy atom. The van der Waals surface area contributed by atoms with Gasteiger partial charge < -0.3 is 9.47 Å². The third-order valence-electron chi connectivity index (χ3n) is 2.89. The minimum Gasteiger partial charge on any atom is -0.495 e. The molecule has 0 unspecified atom stereocenters. The molecular weight excluding hydrogens is 334 g/mol. The minimum absolute atomic E-state index is 0.269. The van der Waals surface area contributed by atoms with E-state index in [1.165, 1.54) is 7.11 Å². The highest BCUT2D eigenvalue weighted by molar-refractivity contribution is 9.10. The van der Waals surface area contributed by atoms with E-state index in [9.17, 15) is 4.79 Å². The van der Waals surface area contributed by atoms with Crippen molar-refractivity contribution in [1.29, 1.82) is 5.26 Å². The molecule has 0 amide bonds. The SMILES string of the molecule is COc1cc(COc2c(Br)cccc2C=O)ccc1C#N. The van der Waals surface area contributed by atoms with Crippen molar-refractivity contribution in [3.8, 4) is 17.6 Å². The molecular formula is C16H12BrNO3. The highest BCUT2D eigenvalue weighted by Gasteiger charge is 2.09. The van der Waals surface area contributed by atoms with Gasteiger partial charge in [-0.1, -0.05) is 12.1 Å². The maximum atomic E-state index is 11.0. The minimum atomic E-state index is 0.269. The molecule has 2 aromatic carbocycles. The number of halogens is 1. The molecule has 0 radical (unpaired) electrons. The zero-order valence-corrected chi connectivity index (χ0v) is 12.9. The van der Waals surface area contributed by atoms with E-state index in [1.54, 1.807) is 30.3 Å². The monoisotopic (exact) mass is 345 g/mol. The Kier molecular flexibility index (Phi) is 4.96. The largest absolute Gasteiger partial charge is 0.495 e. The molecule has 0 bridgehead atoms. The van der Waals surface area contributed by atoms with Crippen LogP contribution in [-0.2, 0) is 6.61 Å². The van der Waals surface area contributed by atoms with Gasteiger partial charge in [0.25, 0.3) is 0 Å². The Labute approximate surface area is 131 Å². The molecule has 0 heterocycles. The molecule has 0 saturated carbocycles. The standard InChI is InChI=1S/C16H12BrNO3/c1-20-15-7-11(5-6-12(15)8-18)10-21-16-13(9-19)3-2-4-14(16)17/h2-7,9H,10H2,1H3. The summed E-state index contributed by atoms with van der Waals surface area (Å²) < 4.78 is 11.6. The first-order chi connectivity index (χ1) is 10.2. The molecule has 0 N–H and O–H groups in total. The van der Waals surface area contributed by atoms with Crippen LogP contribution in [0.15, 0.2) is 40.9 Å². The van der Waals surface area contributed by atoms with Crippen LogP contribution in [0.4, 0.5) is 0 Å². The van der Waals surface area contributed by atoms with Gasteiger partial charge in [0.15, 0.2) is 6.29 Å². The number of hydrogen-bond donors (Lipinski definition) is 0. The smallest absolute Gasteiger partial charge is 0.153 e. The van der Waals surface area contributed by atoms with Crippen LogP contribution >= 0.6 is 15.9 Å². The van der Waals surface area contributed by atoms with E-state index in [-0.39, 0.29) is 6.61 Å². The third-order valence-corrected chi connectivity index (χ3v) is 3.52. The maximum absolute atomic E-state index is 11.0. The molecule has 106 valence electrons. The van der Waals surface area contributed by atoms with Gasteiger partial charge in [0.05, 0.1) is 22.7 Å². The second kappa shape index (κ2) is 6.91. The molecule has 2 aromatic rings. The van der Waals surface area contributed by atoms with E-state index in [0.717, 1.165) is 11.8 Å². The van der Waals surface area contributed by atoms with Crippen LogP contribution in [0.25, 0.3) is 0 Å². The quantitative estimate of drug-likeness (QED) is 0.775. The van der Waals surface area contributed by atoms with Gasteiger partial charge in [0.1, 0.15) is 24.2 Å². The fourth-order valence-corrected chi connectivity index (χ4v) is 2.34. The number of carbonyl (C=O) groups excluding carboxylic acids is 1. The van der Waals surface area contributed by atoms with Gasteiger partial charge >= 0.3 is 0 Å². The summed E-state index contributed by atoms with van der Waals surface area (Å²) >= 11 is 3.36. The van der Waals surface area contributed by atoms with Gasteiger partial charge in [0.2, 0.25) is 0 Å². The molecule has 4 nitrogen and oxygen atoms in total. The van der Waals surface area contributed by atoms with Crippen molar-refractivity contribution in [2.45, 2.75) is 6.61 Å². The lowest BCUT2D eigenvalue weighted by atomic mass is 10.1. The van der Waals surface area contributed by atoms with Gasteiger partial charge in [-0.3, -0.25) is 4.79 Å². The maximum Gasteiger partial charge on any atom is 0.153 e. The average molecular weight is 346 g/mol. The molecule has 0 aromatic heterocycles. The van der Waals surface area contributed by atoms with E-state index >= 15 is 0 Å². The van der Waals surface area contributed by atoms with E-state index < -0.39 is 0 Å². The molecule has 0 aliphatic rings. The number of para-hydroxylation sites is 1. The van der Waals surface area contributed by atoms with E-state index in [4.69, 9.17) is 14.7 Å². The van der Waals surface area contributed by atoms with Crippen molar-refractivity contribution in [1.82, 2.24) is 0 Å². The van der Waals surface area contributed by atoms with Crippen LogP contribution in [0, 0.1) is 11.3 Å². The fourth-order valence-electron chi connectivity index (χ4n) is 1.84. The van der Waals surface area contributed by atoms with Crippen LogP contribution in [0.1, 0.15) is 21.5 Å². The molecule has 2 rings (SSSR count). The Bertz CT molecular complexity index is 707. The summed E-state index contributed by atoms with van der Waals surface area (Å²) in [6, 6.07) is 12.5. The fraction of sp³-hybridized carbons (Fsp3) is 0.125. The molecule has 21 heavy (non-hydrogen) atoms. The topological polar surface area (TPSA) is 59.3 Å². The number of benzene rings is 2. The number of aldehydes is 1. The van der Waals surface area contributed by atoms with Crippen molar-refractivity contribution in [2.75, 3.05) is 7.11 Å². The van der Waals surface area contributed by atoms with Crippen molar-refractivity contribution in [2.24, 2.45) is 0 Å². The zero-order chi connectivity index (χ0) is 15.2. The second-order valence-electron chi connectivity index (χ2n) is 4.21. The number of nitriles is 1. The Morgan fingerprint density at radius 2 is 2.14 bits per heavy atom. The van der Waals surface area contributed by atoms with Gasteiger partial charge in [-0.25, -0.2) is 0 Å². The molecule has 0 atom stereocenters. The summed E-state index contributed by atoms with van der Waals surface area (Å²) in [5, 5.41) is 8.95. The molecule has 0 aliphatic heterocycles.